The summed E-state index contributed by atoms with van der Waals surface area (Å²) >= 11 is 3.05. The van der Waals surface area contributed by atoms with E-state index in [1.165, 1.54) is 13.1 Å². The average Bonchev–Trinajstić information content (AvgIpc) is 2.66. The van der Waals surface area contributed by atoms with E-state index in [2.05, 4.69) is 21.0 Å². The van der Waals surface area contributed by atoms with E-state index < -0.39 is 27.0 Å². The Hall–Kier alpha value is -1.79. The van der Waals surface area contributed by atoms with Gasteiger partial charge in [-0.2, -0.15) is 10.4 Å². The summed E-state index contributed by atoms with van der Waals surface area (Å²) in [6.45, 7) is 0. The number of sulfone groups is 1. The lowest BCUT2D eigenvalue weighted by Crippen LogP contribution is -2.05. The lowest BCUT2D eigenvalue weighted by molar-refractivity contribution is 0.581. The number of aryl methyl sites for hydroxylation is 1. The molecule has 1 aromatic heterocycles. The molecule has 0 atom stereocenters. The van der Waals surface area contributed by atoms with Crippen molar-refractivity contribution in [2.75, 3.05) is 6.26 Å². The third-order valence-corrected chi connectivity index (χ3v) is 4.91. The highest BCUT2D eigenvalue weighted by Gasteiger charge is 2.25. The van der Waals surface area contributed by atoms with E-state index >= 15 is 0 Å². The maximum absolute atomic E-state index is 14.0. The second-order valence-electron chi connectivity index (χ2n) is 4.29. The molecule has 0 aliphatic carbocycles. The van der Waals surface area contributed by atoms with Crippen LogP contribution in [0.4, 0.5) is 8.78 Å². The van der Waals surface area contributed by atoms with Gasteiger partial charge in [0.05, 0.1) is 10.0 Å². The van der Waals surface area contributed by atoms with E-state index in [-0.39, 0.29) is 20.8 Å². The number of halogens is 3. The maximum Gasteiger partial charge on any atom is 0.193 e. The second kappa shape index (κ2) is 5.20. The van der Waals surface area contributed by atoms with E-state index in [0.29, 0.717) is 0 Å². The first-order chi connectivity index (χ1) is 9.66. The zero-order valence-electron chi connectivity index (χ0n) is 10.9. The van der Waals surface area contributed by atoms with Crippen molar-refractivity contribution in [2.24, 2.45) is 7.05 Å². The number of hydrogen-bond donors (Lipinski definition) is 0. The Kier molecular flexibility index (Phi) is 3.86. The van der Waals surface area contributed by atoms with E-state index in [0.717, 1.165) is 23.1 Å². The standard InChI is InChI=1S/C12H8BrF2N3O2S/c1-18-12(21(2,19)20)10(13)11(17-18)7-4-8(14)6(5-16)3-9(7)15/h3-4H,1-2H3. The van der Waals surface area contributed by atoms with Crippen molar-refractivity contribution in [1.29, 1.82) is 5.26 Å². The molecule has 1 aromatic carbocycles. The molecule has 1 heterocycles. The summed E-state index contributed by atoms with van der Waals surface area (Å²) in [7, 11) is -2.22. The van der Waals surface area contributed by atoms with Crippen LogP contribution < -0.4 is 0 Å². The van der Waals surface area contributed by atoms with Gasteiger partial charge in [-0.3, -0.25) is 4.68 Å². The summed E-state index contributed by atoms with van der Waals surface area (Å²) in [4.78, 5) is 0. The number of benzene rings is 1. The van der Waals surface area contributed by atoms with Crippen molar-refractivity contribution in [3.8, 4) is 17.3 Å². The predicted molar refractivity (Wildman–Crippen MR) is 74.1 cm³/mol. The third-order valence-electron chi connectivity index (χ3n) is 2.72. The highest BCUT2D eigenvalue weighted by atomic mass is 79.9. The minimum Gasteiger partial charge on any atom is -0.256 e. The van der Waals surface area contributed by atoms with Crippen molar-refractivity contribution in [3.63, 3.8) is 0 Å². The van der Waals surface area contributed by atoms with Gasteiger partial charge in [-0.25, -0.2) is 17.2 Å². The summed E-state index contributed by atoms with van der Waals surface area (Å²) in [5.74, 6) is -1.78. The minimum absolute atomic E-state index is 0.0375. The van der Waals surface area contributed by atoms with Crippen molar-refractivity contribution >= 4 is 25.8 Å². The van der Waals surface area contributed by atoms with Gasteiger partial charge in [0.1, 0.15) is 23.4 Å². The molecule has 0 bridgehead atoms. The zero-order valence-corrected chi connectivity index (χ0v) is 13.3. The van der Waals surface area contributed by atoms with Crippen LogP contribution in [0.15, 0.2) is 21.6 Å². The van der Waals surface area contributed by atoms with Crippen molar-refractivity contribution in [1.82, 2.24) is 9.78 Å². The van der Waals surface area contributed by atoms with Gasteiger partial charge in [-0.1, -0.05) is 0 Å². The van der Waals surface area contributed by atoms with Gasteiger partial charge >= 0.3 is 0 Å². The van der Waals surface area contributed by atoms with Gasteiger partial charge in [-0.05, 0) is 28.1 Å². The van der Waals surface area contributed by atoms with Crippen LogP contribution in [0.1, 0.15) is 5.56 Å². The van der Waals surface area contributed by atoms with Crippen LogP contribution in [0.3, 0.4) is 0 Å². The van der Waals surface area contributed by atoms with Gasteiger partial charge in [0.15, 0.2) is 14.9 Å². The van der Waals surface area contributed by atoms with Gasteiger partial charge in [0.25, 0.3) is 0 Å². The molecule has 110 valence electrons. The molecule has 0 amide bonds. The Morgan fingerprint density at radius 2 is 1.95 bits per heavy atom. The molecule has 0 unspecified atom stereocenters. The molecule has 9 heteroatoms. The Morgan fingerprint density at radius 3 is 2.43 bits per heavy atom. The Morgan fingerprint density at radius 1 is 1.33 bits per heavy atom. The molecular formula is C12H8BrF2N3O2S. The molecule has 5 nitrogen and oxygen atoms in total. The van der Waals surface area contributed by atoms with Crippen molar-refractivity contribution in [2.45, 2.75) is 5.03 Å². The van der Waals surface area contributed by atoms with Crippen LogP contribution in [0.5, 0.6) is 0 Å². The summed E-state index contributed by atoms with van der Waals surface area (Å²) in [6, 6.07) is 3.08. The Bertz CT molecular complexity index is 885. The maximum atomic E-state index is 14.0. The molecule has 2 rings (SSSR count). The number of aromatic nitrogens is 2. The van der Waals surface area contributed by atoms with Crippen LogP contribution in [0, 0.1) is 23.0 Å². The fraction of sp³-hybridized carbons (Fsp3) is 0.167. The van der Waals surface area contributed by atoms with Crippen LogP contribution >= 0.6 is 15.9 Å². The number of hydrogen-bond acceptors (Lipinski definition) is 4. The van der Waals surface area contributed by atoms with Crippen LogP contribution in [-0.2, 0) is 16.9 Å². The lowest BCUT2D eigenvalue weighted by atomic mass is 10.1. The van der Waals surface area contributed by atoms with E-state index in [1.54, 1.807) is 0 Å². The number of nitrogens with zero attached hydrogens (tertiary/aromatic N) is 3. The molecule has 0 fully saturated rings. The first-order valence-corrected chi connectivity index (χ1v) is 8.17. The molecule has 0 saturated heterocycles. The Labute approximate surface area is 127 Å². The van der Waals surface area contributed by atoms with Gasteiger partial charge in [0, 0.05) is 18.9 Å². The Balaban J connectivity index is 2.76. The highest BCUT2D eigenvalue weighted by molar-refractivity contribution is 9.10. The van der Waals surface area contributed by atoms with Crippen molar-refractivity contribution < 1.29 is 17.2 Å². The first kappa shape index (κ1) is 15.6. The molecule has 0 radical (unpaired) electrons. The van der Waals surface area contributed by atoms with E-state index in [1.807, 2.05) is 0 Å². The summed E-state index contributed by atoms with van der Waals surface area (Å²) in [5.41, 5.74) is -0.727. The smallest absolute Gasteiger partial charge is 0.193 e. The van der Waals surface area contributed by atoms with E-state index in [9.17, 15) is 17.2 Å². The number of nitriles is 1. The van der Waals surface area contributed by atoms with Gasteiger partial charge < -0.3 is 0 Å². The molecular weight excluding hydrogens is 368 g/mol. The lowest BCUT2D eigenvalue weighted by Gasteiger charge is -2.02. The van der Waals surface area contributed by atoms with Crippen LogP contribution in [-0.4, -0.2) is 24.5 Å². The quantitative estimate of drug-likeness (QED) is 0.807. The molecule has 2 aromatic rings. The highest BCUT2D eigenvalue weighted by Crippen LogP contribution is 2.34. The average molecular weight is 376 g/mol. The minimum atomic E-state index is -3.60. The zero-order chi connectivity index (χ0) is 15.9. The van der Waals surface area contributed by atoms with E-state index in [4.69, 9.17) is 5.26 Å². The summed E-state index contributed by atoms with van der Waals surface area (Å²) in [5, 5.41) is 12.4. The molecule has 0 aliphatic heterocycles. The summed E-state index contributed by atoms with van der Waals surface area (Å²) in [6.07, 6.45) is 0.980. The molecule has 0 spiro atoms. The SMILES string of the molecule is Cn1nc(-c2cc(F)c(C#N)cc2F)c(Br)c1S(C)(=O)=O. The fourth-order valence-electron chi connectivity index (χ4n) is 1.87. The van der Waals surface area contributed by atoms with Gasteiger partial charge in [-0.15, -0.1) is 0 Å². The molecule has 0 N–H and O–H groups in total. The molecule has 0 saturated carbocycles. The molecule has 0 aliphatic rings. The summed E-state index contributed by atoms with van der Waals surface area (Å²) < 4.78 is 52.1. The normalized spacial score (nSPS) is 11.4. The molecule has 21 heavy (non-hydrogen) atoms. The topological polar surface area (TPSA) is 75.8 Å². The third kappa shape index (κ3) is 2.69. The second-order valence-corrected chi connectivity index (χ2v) is 7.01. The van der Waals surface area contributed by atoms with Gasteiger partial charge in [0.2, 0.25) is 0 Å². The van der Waals surface area contributed by atoms with Crippen LogP contribution in [0.25, 0.3) is 11.3 Å². The predicted octanol–water partition coefficient (Wildman–Crippen LogP) is 2.40. The van der Waals surface area contributed by atoms with Crippen LogP contribution in [0.2, 0.25) is 0 Å². The number of rotatable bonds is 2. The van der Waals surface area contributed by atoms with Crippen molar-refractivity contribution in [3.05, 3.63) is 33.8 Å². The monoisotopic (exact) mass is 375 g/mol. The largest absolute Gasteiger partial charge is 0.256 e. The fourth-order valence-corrected chi connectivity index (χ4v) is 4.25. The first-order valence-electron chi connectivity index (χ1n) is 5.49.